The predicted octanol–water partition coefficient (Wildman–Crippen LogP) is 1.16. The third kappa shape index (κ3) is 52.4. The first kappa shape index (κ1) is 16.4. The van der Waals surface area contributed by atoms with Crippen LogP contribution in [0.3, 0.4) is 0 Å². The third-order valence-electron chi connectivity index (χ3n) is 0.349. The van der Waals surface area contributed by atoms with E-state index in [4.69, 9.17) is 10.2 Å². The lowest BCUT2D eigenvalue weighted by Crippen LogP contribution is -1.82. The number of carboxylic acid groups (broad SMARTS) is 2. The molecule has 0 fully saturated rings. The first-order valence-electron chi connectivity index (χ1n) is 2.25. The van der Waals surface area contributed by atoms with E-state index in [2.05, 4.69) is 13.2 Å². The fourth-order valence-corrected chi connectivity index (χ4v) is 0. The Balaban J connectivity index is -0.000000107. The lowest BCUT2D eigenvalue weighted by Gasteiger charge is -1.64. The maximum atomic E-state index is 9.25. The summed E-state index contributed by atoms with van der Waals surface area (Å²) in [5.41, 5.74) is 0. The Bertz CT molecular complexity index is 135. The number of aliphatic carboxylic acids is 2. The highest BCUT2D eigenvalue weighted by molar-refractivity contribution is 7.59. The van der Waals surface area contributed by atoms with Gasteiger partial charge in [-0.05, 0) is 0 Å². The van der Waals surface area contributed by atoms with E-state index in [1.807, 2.05) is 0 Å². The second-order valence-electron chi connectivity index (χ2n) is 1.08. The van der Waals surface area contributed by atoms with Gasteiger partial charge in [-0.15, -0.1) is 0 Å². The van der Waals surface area contributed by atoms with Gasteiger partial charge in [0.05, 0.1) is 0 Å². The fourth-order valence-electron chi connectivity index (χ4n) is 0. The number of rotatable bonds is 2. The Hall–Kier alpha value is -1.23. The van der Waals surface area contributed by atoms with Gasteiger partial charge in [0.2, 0.25) is 0 Å². The van der Waals surface area contributed by atoms with Gasteiger partial charge in [0.1, 0.15) is 0 Å². The van der Waals surface area contributed by atoms with E-state index in [1.165, 1.54) is 0 Å². The number of carboxylic acids is 2. The normalized spacial score (nSPS) is 5.82. The quantitative estimate of drug-likeness (QED) is 0.619. The smallest absolute Gasteiger partial charge is 0.327 e. The Labute approximate surface area is 71.3 Å². The first-order valence-corrected chi connectivity index (χ1v) is 2.25. The lowest BCUT2D eigenvalue weighted by atomic mass is 10.7. The summed E-state index contributed by atoms with van der Waals surface area (Å²) >= 11 is 0. The van der Waals surface area contributed by atoms with Gasteiger partial charge in [0.25, 0.3) is 0 Å². The summed E-state index contributed by atoms with van der Waals surface area (Å²) in [7, 11) is 0. The molecule has 0 saturated carbocycles. The van der Waals surface area contributed by atoms with Gasteiger partial charge in [-0.25, -0.2) is 9.59 Å². The SMILES string of the molecule is C=CC(=O)O.C=CC(=O)O.[S]. The molecule has 0 unspecified atom stereocenters. The van der Waals surface area contributed by atoms with Crippen LogP contribution in [0.5, 0.6) is 0 Å². The number of hydrogen-bond acceptors (Lipinski definition) is 2. The average molecular weight is 176 g/mol. The van der Waals surface area contributed by atoms with Crippen molar-refractivity contribution in [2.24, 2.45) is 0 Å². The second-order valence-corrected chi connectivity index (χ2v) is 1.08. The summed E-state index contributed by atoms with van der Waals surface area (Å²) in [6.07, 6.45) is 1.67. The summed E-state index contributed by atoms with van der Waals surface area (Å²) in [5, 5.41) is 15.2. The Kier molecular flexibility index (Phi) is 17.2. The van der Waals surface area contributed by atoms with Gasteiger partial charge < -0.3 is 10.2 Å². The molecule has 0 saturated heterocycles. The van der Waals surface area contributed by atoms with E-state index in [9.17, 15) is 9.59 Å². The molecule has 2 N–H and O–H groups in total. The summed E-state index contributed by atoms with van der Waals surface area (Å²) in [6.45, 7) is 5.92. The molecule has 0 bridgehead atoms. The molecule has 0 amide bonds. The van der Waals surface area contributed by atoms with Gasteiger partial charge in [-0.1, -0.05) is 13.2 Å². The molecule has 2 radical (unpaired) electrons. The van der Waals surface area contributed by atoms with Crippen molar-refractivity contribution in [3.63, 3.8) is 0 Å². The van der Waals surface area contributed by atoms with Crippen LogP contribution in [-0.2, 0) is 9.59 Å². The average Bonchev–Trinajstić information content (AvgIpc) is 1.89. The maximum absolute atomic E-state index is 9.25. The molecule has 0 aliphatic carbocycles. The summed E-state index contributed by atoms with van der Waals surface area (Å²) in [5.74, 6) is -1.96. The minimum Gasteiger partial charge on any atom is -0.478 e. The minimum atomic E-state index is -0.981. The topological polar surface area (TPSA) is 74.6 Å². The Morgan fingerprint density at radius 3 is 1.09 bits per heavy atom. The van der Waals surface area contributed by atoms with Crippen LogP contribution < -0.4 is 0 Å². The van der Waals surface area contributed by atoms with Gasteiger partial charge in [0, 0.05) is 25.6 Å². The highest BCUT2D eigenvalue weighted by atomic mass is 32.1. The standard InChI is InChI=1S/2C3H4O2.S/c2*1-2-3(4)5;/h2*2H,1H2,(H,4,5);. The lowest BCUT2D eigenvalue weighted by molar-refractivity contribution is -0.132. The van der Waals surface area contributed by atoms with Crippen LogP contribution in [0.25, 0.3) is 0 Å². The molecule has 0 aliphatic rings. The van der Waals surface area contributed by atoms with Crippen LogP contribution in [0.2, 0.25) is 0 Å². The molecular weight excluding hydrogens is 168 g/mol. The molecule has 0 aliphatic heterocycles. The molecule has 11 heavy (non-hydrogen) atoms. The van der Waals surface area contributed by atoms with E-state index < -0.39 is 11.9 Å². The van der Waals surface area contributed by atoms with Crippen molar-refractivity contribution < 1.29 is 19.8 Å². The van der Waals surface area contributed by atoms with Crippen LogP contribution in [0, 0.1) is 0 Å². The summed E-state index contributed by atoms with van der Waals surface area (Å²) < 4.78 is 0. The van der Waals surface area contributed by atoms with E-state index in [1.54, 1.807) is 0 Å². The van der Waals surface area contributed by atoms with Crippen LogP contribution in [0.4, 0.5) is 0 Å². The zero-order valence-electron chi connectivity index (χ0n) is 5.69. The number of hydrogen-bond donors (Lipinski definition) is 2. The van der Waals surface area contributed by atoms with Gasteiger partial charge in [-0.2, -0.15) is 0 Å². The number of carbonyl (C=O) groups is 2. The first-order chi connectivity index (χ1) is 4.54. The van der Waals surface area contributed by atoms with Crippen molar-refractivity contribution in [2.75, 3.05) is 0 Å². The van der Waals surface area contributed by atoms with E-state index in [0.29, 0.717) is 0 Å². The molecule has 5 heteroatoms. The monoisotopic (exact) mass is 176 g/mol. The highest BCUT2D eigenvalue weighted by Gasteiger charge is 1.73. The largest absolute Gasteiger partial charge is 0.478 e. The van der Waals surface area contributed by atoms with Crippen molar-refractivity contribution in [1.29, 1.82) is 0 Å². The van der Waals surface area contributed by atoms with Crippen molar-refractivity contribution in [3.8, 4) is 0 Å². The van der Waals surface area contributed by atoms with Crippen molar-refractivity contribution >= 4 is 25.4 Å². The molecule has 0 atom stereocenters. The maximum Gasteiger partial charge on any atom is 0.327 e. The van der Waals surface area contributed by atoms with Gasteiger partial charge in [-0.3, -0.25) is 0 Å². The highest BCUT2D eigenvalue weighted by Crippen LogP contribution is 1.55. The molecule has 0 heterocycles. The molecular formula is C6H8O4S. The fraction of sp³-hybridized carbons (Fsp3) is 0. The molecule has 0 aromatic carbocycles. The van der Waals surface area contributed by atoms with Crippen molar-refractivity contribution in [1.82, 2.24) is 0 Å². The zero-order chi connectivity index (χ0) is 8.57. The van der Waals surface area contributed by atoms with Crippen LogP contribution in [0.15, 0.2) is 25.3 Å². The second kappa shape index (κ2) is 11.6. The van der Waals surface area contributed by atoms with Crippen LogP contribution >= 0.6 is 13.5 Å². The molecule has 62 valence electrons. The Morgan fingerprint density at radius 1 is 1.00 bits per heavy atom. The van der Waals surface area contributed by atoms with E-state index >= 15 is 0 Å². The van der Waals surface area contributed by atoms with Gasteiger partial charge in [0.15, 0.2) is 0 Å². The molecule has 0 aromatic heterocycles. The molecule has 4 nitrogen and oxygen atoms in total. The molecule has 0 aromatic rings. The van der Waals surface area contributed by atoms with Crippen molar-refractivity contribution in [3.05, 3.63) is 25.3 Å². The third-order valence-corrected chi connectivity index (χ3v) is 0.349. The predicted molar refractivity (Wildman–Crippen MR) is 43.3 cm³/mol. The minimum absolute atomic E-state index is 0. The van der Waals surface area contributed by atoms with Gasteiger partial charge >= 0.3 is 11.9 Å². The summed E-state index contributed by atoms with van der Waals surface area (Å²) in [4.78, 5) is 18.5. The van der Waals surface area contributed by atoms with Crippen molar-refractivity contribution in [2.45, 2.75) is 0 Å². The zero-order valence-corrected chi connectivity index (χ0v) is 6.50. The summed E-state index contributed by atoms with van der Waals surface area (Å²) in [6, 6.07) is 0. The Morgan fingerprint density at radius 2 is 1.09 bits per heavy atom. The van der Waals surface area contributed by atoms with E-state index in [0.717, 1.165) is 12.2 Å². The van der Waals surface area contributed by atoms with Crippen LogP contribution in [0.1, 0.15) is 0 Å². The van der Waals surface area contributed by atoms with Crippen LogP contribution in [-0.4, -0.2) is 22.2 Å². The molecule has 0 rings (SSSR count). The van der Waals surface area contributed by atoms with E-state index in [-0.39, 0.29) is 13.5 Å². The molecule has 0 spiro atoms.